The highest BCUT2D eigenvalue weighted by Gasteiger charge is 2.33. The second-order valence-corrected chi connectivity index (χ2v) is 9.00. The molecule has 0 radical (unpaired) electrons. The van der Waals surface area contributed by atoms with Gasteiger partial charge in [0.2, 0.25) is 0 Å². The molecule has 0 saturated carbocycles. The summed E-state index contributed by atoms with van der Waals surface area (Å²) in [7, 11) is 0. The average Bonchev–Trinajstić information content (AvgIpc) is 3.29. The summed E-state index contributed by atoms with van der Waals surface area (Å²) in [6, 6.07) is 27.8. The molecule has 8 heteroatoms. The molecular formula is C31H26F3N3O2. The molecule has 0 aliphatic rings. The summed E-state index contributed by atoms with van der Waals surface area (Å²) < 4.78 is 48.2. The molecule has 1 N–H and O–H groups in total. The van der Waals surface area contributed by atoms with E-state index in [1.54, 1.807) is 42.5 Å². The van der Waals surface area contributed by atoms with Crippen LogP contribution in [-0.4, -0.2) is 22.1 Å². The highest BCUT2D eigenvalue weighted by Crippen LogP contribution is 2.37. The van der Waals surface area contributed by atoms with E-state index >= 15 is 0 Å². The van der Waals surface area contributed by atoms with Gasteiger partial charge in [-0.25, -0.2) is 0 Å². The molecule has 5 aromatic rings. The van der Waals surface area contributed by atoms with E-state index in [0.29, 0.717) is 47.9 Å². The van der Waals surface area contributed by atoms with Crippen molar-refractivity contribution < 1.29 is 22.7 Å². The molecule has 1 heterocycles. The van der Waals surface area contributed by atoms with Crippen molar-refractivity contribution >= 4 is 16.9 Å². The third kappa shape index (κ3) is 5.65. The van der Waals surface area contributed by atoms with Gasteiger partial charge in [0, 0.05) is 6.54 Å². The first-order chi connectivity index (χ1) is 18.8. The second-order valence-electron chi connectivity index (χ2n) is 9.00. The number of carbonyl (C=O) groups excluding carboxylic acids is 1. The lowest BCUT2D eigenvalue weighted by Gasteiger charge is -2.14. The quantitative estimate of drug-likeness (QED) is 0.233. The van der Waals surface area contributed by atoms with Crippen LogP contribution in [0.5, 0.6) is 6.01 Å². The van der Waals surface area contributed by atoms with Gasteiger partial charge in [-0.05, 0) is 47.4 Å². The molecule has 5 nitrogen and oxygen atoms in total. The van der Waals surface area contributed by atoms with Crippen molar-refractivity contribution in [3.8, 4) is 17.1 Å². The molecule has 198 valence electrons. The Morgan fingerprint density at radius 2 is 1.59 bits per heavy atom. The van der Waals surface area contributed by atoms with Gasteiger partial charge in [-0.3, -0.25) is 9.36 Å². The Balaban J connectivity index is 1.47. The lowest BCUT2D eigenvalue weighted by molar-refractivity contribution is -0.137. The molecule has 0 bridgehead atoms. The summed E-state index contributed by atoms with van der Waals surface area (Å²) in [6.45, 7) is 2.93. The SMILES string of the molecule is CCOc1nc2cccc(C(=O)NCc3ccccc3)c2n1Cc1ccc(-c2ccccc2C(F)(F)F)cc1. The Bertz CT molecular complexity index is 1590. The molecule has 0 spiro atoms. The molecule has 0 fully saturated rings. The maximum atomic E-state index is 13.5. The van der Waals surface area contributed by atoms with E-state index in [1.807, 2.05) is 47.9 Å². The molecule has 0 atom stereocenters. The first kappa shape index (κ1) is 26.0. The molecule has 39 heavy (non-hydrogen) atoms. The Kier molecular flexibility index (Phi) is 7.36. The summed E-state index contributed by atoms with van der Waals surface area (Å²) in [5.41, 5.74) is 3.40. The van der Waals surface area contributed by atoms with Crippen LogP contribution in [0.4, 0.5) is 13.2 Å². The number of hydrogen-bond donors (Lipinski definition) is 1. The number of hydrogen-bond acceptors (Lipinski definition) is 3. The van der Waals surface area contributed by atoms with Crippen molar-refractivity contribution in [1.29, 1.82) is 0 Å². The van der Waals surface area contributed by atoms with Crippen molar-refractivity contribution in [3.05, 3.63) is 119 Å². The number of ether oxygens (including phenoxy) is 1. The van der Waals surface area contributed by atoms with E-state index in [2.05, 4.69) is 10.3 Å². The number of nitrogens with zero attached hydrogens (tertiary/aromatic N) is 2. The predicted octanol–water partition coefficient (Wildman–Crippen LogP) is 7.10. The number of aromatic nitrogens is 2. The summed E-state index contributed by atoms with van der Waals surface area (Å²) >= 11 is 0. The number of para-hydroxylation sites is 1. The fourth-order valence-corrected chi connectivity index (χ4v) is 4.56. The summed E-state index contributed by atoms with van der Waals surface area (Å²) in [5, 5.41) is 2.97. The minimum absolute atomic E-state index is 0.122. The van der Waals surface area contributed by atoms with Crippen LogP contribution < -0.4 is 10.1 Å². The van der Waals surface area contributed by atoms with E-state index in [4.69, 9.17) is 4.74 Å². The first-order valence-electron chi connectivity index (χ1n) is 12.5. The molecule has 4 aromatic carbocycles. The second kappa shape index (κ2) is 11.0. The zero-order valence-electron chi connectivity index (χ0n) is 21.2. The maximum Gasteiger partial charge on any atom is 0.417 e. The molecule has 0 aliphatic heterocycles. The van der Waals surface area contributed by atoms with Crippen LogP contribution >= 0.6 is 0 Å². The van der Waals surface area contributed by atoms with Crippen LogP contribution in [0.15, 0.2) is 97.1 Å². The van der Waals surface area contributed by atoms with Crippen LogP contribution in [0.1, 0.15) is 34.0 Å². The van der Waals surface area contributed by atoms with Gasteiger partial charge in [0.05, 0.1) is 35.3 Å². The van der Waals surface area contributed by atoms with Gasteiger partial charge in [-0.1, -0.05) is 78.9 Å². The molecule has 1 amide bonds. The van der Waals surface area contributed by atoms with Gasteiger partial charge >= 0.3 is 6.18 Å². The van der Waals surface area contributed by atoms with Crippen molar-refractivity contribution in [3.63, 3.8) is 0 Å². The van der Waals surface area contributed by atoms with Gasteiger partial charge in [-0.15, -0.1) is 0 Å². The molecule has 1 aromatic heterocycles. The Morgan fingerprint density at radius 1 is 0.872 bits per heavy atom. The minimum atomic E-state index is -4.45. The molecular weight excluding hydrogens is 503 g/mol. The largest absolute Gasteiger partial charge is 0.465 e. The number of fused-ring (bicyclic) bond motifs is 1. The zero-order chi connectivity index (χ0) is 27.4. The smallest absolute Gasteiger partial charge is 0.417 e. The summed E-state index contributed by atoms with van der Waals surface area (Å²) in [6.07, 6.45) is -4.45. The van der Waals surface area contributed by atoms with Gasteiger partial charge in [0.1, 0.15) is 0 Å². The van der Waals surface area contributed by atoms with Crippen LogP contribution in [-0.2, 0) is 19.3 Å². The number of amides is 1. The molecule has 0 unspecified atom stereocenters. The minimum Gasteiger partial charge on any atom is -0.465 e. The van der Waals surface area contributed by atoms with Crippen LogP contribution in [0.2, 0.25) is 0 Å². The Labute approximate surface area is 223 Å². The number of halogens is 3. The van der Waals surface area contributed by atoms with Crippen molar-refractivity contribution in [2.45, 2.75) is 26.2 Å². The average molecular weight is 530 g/mol. The fraction of sp³-hybridized carbons (Fsp3) is 0.161. The summed E-state index contributed by atoms with van der Waals surface area (Å²) in [5.74, 6) is -0.243. The van der Waals surface area contributed by atoms with Crippen LogP contribution in [0.25, 0.3) is 22.2 Å². The fourth-order valence-electron chi connectivity index (χ4n) is 4.56. The highest BCUT2D eigenvalue weighted by molar-refractivity contribution is 6.05. The number of carbonyl (C=O) groups is 1. The Hall–Kier alpha value is -4.59. The van der Waals surface area contributed by atoms with Crippen LogP contribution in [0, 0.1) is 0 Å². The van der Waals surface area contributed by atoms with Crippen LogP contribution in [0.3, 0.4) is 0 Å². The number of benzene rings is 4. The lowest BCUT2D eigenvalue weighted by atomic mass is 9.98. The molecule has 5 rings (SSSR count). The predicted molar refractivity (Wildman–Crippen MR) is 144 cm³/mol. The Morgan fingerprint density at radius 3 is 2.31 bits per heavy atom. The van der Waals surface area contributed by atoms with Crippen molar-refractivity contribution in [2.24, 2.45) is 0 Å². The zero-order valence-corrected chi connectivity index (χ0v) is 21.2. The molecule has 0 saturated heterocycles. The highest BCUT2D eigenvalue weighted by atomic mass is 19.4. The van der Waals surface area contributed by atoms with Gasteiger partial charge in [0.25, 0.3) is 11.9 Å². The van der Waals surface area contributed by atoms with E-state index in [1.165, 1.54) is 12.1 Å². The monoisotopic (exact) mass is 529 g/mol. The van der Waals surface area contributed by atoms with E-state index in [-0.39, 0.29) is 11.5 Å². The summed E-state index contributed by atoms with van der Waals surface area (Å²) in [4.78, 5) is 17.8. The van der Waals surface area contributed by atoms with E-state index in [9.17, 15) is 18.0 Å². The number of nitrogens with one attached hydrogen (secondary N) is 1. The molecule has 0 aliphatic carbocycles. The number of imidazole rings is 1. The normalized spacial score (nSPS) is 11.5. The van der Waals surface area contributed by atoms with Gasteiger partial charge in [0.15, 0.2) is 0 Å². The lowest BCUT2D eigenvalue weighted by Crippen LogP contribution is -2.23. The van der Waals surface area contributed by atoms with E-state index < -0.39 is 11.7 Å². The topological polar surface area (TPSA) is 56.1 Å². The number of rotatable bonds is 8. The van der Waals surface area contributed by atoms with Crippen molar-refractivity contribution in [1.82, 2.24) is 14.9 Å². The standard InChI is InChI=1S/C31H26F3N3O2/c1-2-39-30-36-27-14-8-12-25(29(38)35-19-21-9-4-3-5-10-21)28(27)37(30)20-22-15-17-23(18-16-22)24-11-6-7-13-26(24)31(32,33)34/h3-18H,2,19-20H2,1H3,(H,35,38). The van der Waals surface area contributed by atoms with Gasteiger partial charge < -0.3 is 10.1 Å². The first-order valence-corrected chi connectivity index (χ1v) is 12.5. The maximum absolute atomic E-state index is 13.5. The van der Waals surface area contributed by atoms with Crippen molar-refractivity contribution in [2.75, 3.05) is 6.61 Å². The van der Waals surface area contributed by atoms with Gasteiger partial charge in [-0.2, -0.15) is 18.2 Å². The third-order valence-electron chi connectivity index (χ3n) is 6.38. The van der Waals surface area contributed by atoms with E-state index in [0.717, 1.165) is 17.2 Å². The number of alkyl halides is 3. The third-order valence-corrected chi connectivity index (χ3v) is 6.38.